The fourth-order valence-corrected chi connectivity index (χ4v) is 12.1. The average molecular weight is 871 g/mol. The minimum atomic E-state index is 0.0491. The third-order valence-electron chi connectivity index (χ3n) is 15.9. The summed E-state index contributed by atoms with van der Waals surface area (Å²) in [5.41, 5.74) is 21.5. The van der Waals surface area contributed by atoms with Crippen LogP contribution in [0.4, 0.5) is 11.4 Å². The van der Waals surface area contributed by atoms with Crippen molar-refractivity contribution in [2.45, 2.75) is 84.5 Å². The van der Waals surface area contributed by atoms with Crippen molar-refractivity contribution < 1.29 is 13.3 Å². The molecule has 5 heterocycles. The zero-order chi connectivity index (χ0) is 45.5. The molecule has 0 amide bonds. The van der Waals surface area contributed by atoms with Gasteiger partial charge in [0.25, 0.3) is 0 Å². The molecule has 1 aliphatic heterocycles. The second-order valence-electron chi connectivity index (χ2n) is 22.1. The molecule has 0 radical (unpaired) electrons. The van der Waals surface area contributed by atoms with Crippen molar-refractivity contribution in [3.8, 4) is 16.8 Å². The summed E-state index contributed by atoms with van der Waals surface area (Å²) >= 11 is 0. The largest absolute Gasteiger partial charge is 0.456 e. The first-order valence-corrected chi connectivity index (χ1v) is 24.0. The molecule has 5 nitrogen and oxygen atoms in total. The molecule has 0 unspecified atom stereocenters. The summed E-state index contributed by atoms with van der Waals surface area (Å²) < 4.78 is 22.7. The molecular weight excluding hydrogens is 819 g/mol. The highest BCUT2D eigenvalue weighted by Gasteiger charge is 2.38. The first kappa shape index (κ1) is 39.0. The molecule has 12 aromatic rings. The van der Waals surface area contributed by atoms with Crippen LogP contribution in [0.15, 0.2) is 141 Å². The summed E-state index contributed by atoms with van der Waals surface area (Å²) in [4.78, 5) is 0. The number of fused-ring (bicyclic) bond motifs is 15. The molecule has 0 saturated carbocycles. The lowest BCUT2D eigenvalue weighted by Gasteiger charge is -2.41. The van der Waals surface area contributed by atoms with Crippen molar-refractivity contribution in [1.82, 2.24) is 4.57 Å². The summed E-state index contributed by atoms with van der Waals surface area (Å²) in [7, 11) is 0.757. The monoisotopic (exact) mass is 870 g/mol. The van der Waals surface area contributed by atoms with Crippen LogP contribution in [0.25, 0.3) is 104 Å². The zero-order valence-electron chi connectivity index (χ0n) is 39.4. The summed E-state index contributed by atoms with van der Waals surface area (Å²) in [5, 5.41) is 13.3. The van der Waals surface area contributed by atoms with Gasteiger partial charge in [0.15, 0.2) is 7.28 Å². The van der Waals surface area contributed by atoms with Crippen LogP contribution in [-0.4, -0.2) is 11.8 Å². The van der Waals surface area contributed by atoms with Gasteiger partial charge in [0.1, 0.15) is 33.5 Å². The second-order valence-corrected chi connectivity index (χ2v) is 22.1. The van der Waals surface area contributed by atoms with Gasteiger partial charge < -0.3 is 23.1 Å². The summed E-state index contributed by atoms with van der Waals surface area (Å²) in [5.74, 6) is 0. The van der Waals surface area contributed by atoms with Crippen molar-refractivity contribution in [3.05, 3.63) is 150 Å². The Bertz CT molecular complexity index is 4140. The molecule has 0 atom stereocenters. The van der Waals surface area contributed by atoms with Crippen molar-refractivity contribution >= 4 is 117 Å². The predicted octanol–water partition coefficient (Wildman–Crippen LogP) is 15.5. The SMILES string of the molecule is Cc1cc(-c2cc3c(cc2Nc2ccc(C(C)(C)C)cc2)oc2cc4c(cc23)C(C)(C)CCC4(C)C)c2c3c1c1cc4c(cc1n3-c1cc3oc5ccccc5c3cc1B2)oc1ccccc14. The smallest absolute Gasteiger partial charge is 0.198 e. The van der Waals surface area contributed by atoms with Crippen LogP contribution in [0.1, 0.15) is 83.6 Å². The number of hydrogen-bond acceptors (Lipinski definition) is 4. The number of para-hydroxylation sites is 2. The average Bonchev–Trinajstić information content (AvgIpc) is 4.05. The van der Waals surface area contributed by atoms with Gasteiger partial charge in [0.05, 0.1) is 11.2 Å². The number of furan rings is 3. The Morgan fingerprint density at radius 2 is 1.13 bits per heavy atom. The highest BCUT2D eigenvalue weighted by atomic mass is 16.3. The fourth-order valence-electron chi connectivity index (χ4n) is 12.1. The predicted molar refractivity (Wildman–Crippen MR) is 283 cm³/mol. The van der Waals surface area contributed by atoms with Crippen LogP contribution in [0.5, 0.6) is 0 Å². The van der Waals surface area contributed by atoms with E-state index in [-0.39, 0.29) is 16.2 Å². The topological polar surface area (TPSA) is 56.4 Å². The van der Waals surface area contributed by atoms with Gasteiger partial charge in [-0.15, -0.1) is 0 Å². The Morgan fingerprint density at radius 3 is 1.84 bits per heavy atom. The molecule has 0 spiro atoms. The van der Waals surface area contributed by atoms with E-state index in [0.717, 1.165) is 109 Å². The van der Waals surface area contributed by atoms with E-state index >= 15 is 0 Å². The van der Waals surface area contributed by atoms with Crippen LogP contribution in [-0.2, 0) is 16.2 Å². The van der Waals surface area contributed by atoms with Gasteiger partial charge in [-0.3, -0.25) is 0 Å². The Balaban J connectivity index is 1.08. The maximum absolute atomic E-state index is 6.95. The Hall–Kier alpha value is -7.18. The molecule has 1 N–H and O–H groups in total. The quantitative estimate of drug-likeness (QED) is 0.180. The van der Waals surface area contributed by atoms with Crippen molar-refractivity contribution in [2.75, 3.05) is 5.32 Å². The van der Waals surface area contributed by atoms with E-state index in [1.54, 1.807) is 0 Å². The molecule has 6 heteroatoms. The molecule has 326 valence electrons. The highest BCUT2D eigenvalue weighted by molar-refractivity contribution is 6.74. The van der Waals surface area contributed by atoms with Crippen molar-refractivity contribution in [1.29, 1.82) is 0 Å². The minimum absolute atomic E-state index is 0.0491. The Kier molecular flexibility index (Phi) is 7.60. The van der Waals surface area contributed by atoms with E-state index in [2.05, 4.69) is 187 Å². The first-order valence-electron chi connectivity index (χ1n) is 24.0. The van der Waals surface area contributed by atoms with Gasteiger partial charge in [-0.25, -0.2) is 0 Å². The number of benzene rings is 8. The molecule has 0 fully saturated rings. The molecule has 4 aromatic heterocycles. The third kappa shape index (κ3) is 5.50. The molecule has 67 heavy (non-hydrogen) atoms. The van der Waals surface area contributed by atoms with Gasteiger partial charge in [0, 0.05) is 83.7 Å². The van der Waals surface area contributed by atoms with E-state index < -0.39 is 0 Å². The molecule has 2 aliphatic rings. The lowest BCUT2D eigenvalue weighted by Crippen LogP contribution is -2.37. The molecule has 0 saturated heterocycles. The molecule has 8 aromatic carbocycles. The number of rotatable bonds is 3. The van der Waals surface area contributed by atoms with Crippen LogP contribution in [0.2, 0.25) is 0 Å². The van der Waals surface area contributed by atoms with Crippen molar-refractivity contribution in [2.24, 2.45) is 0 Å². The van der Waals surface area contributed by atoms with Crippen LogP contribution >= 0.6 is 0 Å². The molecule has 14 rings (SSSR count). The minimum Gasteiger partial charge on any atom is -0.456 e. The molecule has 0 bridgehead atoms. The molecule has 1 aliphatic carbocycles. The van der Waals surface area contributed by atoms with Crippen LogP contribution in [0, 0.1) is 6.92 Å². The van der Waals surface area contributed by atoms with Crippen LogP contribution < -0.4 is 16.2 Å². The standard InChI is InChI=1S/C61H51BN2O3/c1-32-23-42(37-24-39-40-26-44-45(61(7,8)22-21-60(44,5)6)28-52(40)67-53(39)29-47(37)63-34-19-17-33(18-20-34)59(2,3)4)57-58-56(32)43-25-38-35-13-9-11-15-50(35)65-54(38)30-48(43)64(58)49-31-55-41(27-46(49)62-57)36-14-10-12-16-51(36)66-55/h9-20,23-31,62-63H,21-22H2,1-8H3. The lowest BCUT2D eigenvalue weighted by molar-refractivity contribution is 0.332. The number of anilines is 2. The second kappa shape index (κ2) is 13.0. The lowest BCUT2D eigenvalue weighted by atomic mass is 9.58. The summed E-state index contributed by atoms with van der Waals surface area (Å²) in [6.07, 6.45) is 2.31. The van der Waals surface area contributed by atoms with Gasteiger partial charge >= 0.3 is 0 Å². The third-order valence-corrected chi connectivity index (χ3v) is 15.9. The number of aryl methyl sites for hydroxylation is 1. The van der Waals surface area contributed by atoms with E-state index in [1.165, 1.54) is 60.4 Å². The van der Waals surface area contributed by atoms with E-state index in [9.17, 15) is 0 Å². The normalized spacial score (nSPS) is 15.4. The summed E-state index contributed by atoms with van der Waals surface area (Å²) in [6, 6.07) is 47.0. The van der Waals surface area contributed by atoms with E-state index in [4.69, 9.17) is 13.3 Å². The van der Waals surface area contributed by atoms with Crippen LogP contribution in [0.3, 0.4) is 0 Å². The van der Waals surface area contributed by atoms with E-state index in [1.807, 2.05) is 6.07 Å². The molecular formula is C61H51BN2O3. The summed E-state index contributed by atoms with van der Waals surface area (Å²) in [6.45, 7) is 18.7. The maximum atomic E-state index is 6.95. The highest BCUT2D eigenvalue weighted by Crippen LogP contribution is 2.50. The Morgan fingerprint density at radius 1 is 0.552 bits per heavy atom. The first-order chi connectivity index (χ1) is 32.2. The van der Waals surface area contributed by atoms with Gasteiger partial charge in [-0.1, -0.05) is 115 Å². The van der Waals surface area contributed by atoms with Gasteiger partial charge in [-0.2, -0.15) is 0 Å². The fraction of sp³-hybridized carbons (Fsp3) is 0.213. The van der Waals surface area contributed by atoms with Crippen molar-refractivity contribution in [3.63, 3.8) is 0 Å². The number of nitrogens with zero attached hydrogens (tertiary/aromatic N) is 1. The maximum Gasteiger partial charge on any atom is 0.198 e. The number of hydrogen-bond donors (Lipinski definition) is 1. The van der Waals surface area contributed by atoms with Gasteiger partial charge in [0.2, 0.25) is 0 Å². The van der Waals surface area contributed by atoms with E-state index in [0.29, 0.717) is 0 Å². The number of aromatic nitrogens is 1. The Labute approximate surface area is 389 Å². The zero-order valence-corrected chi connectivity index (χ0v) is 39.4. The van der Waals surface area contributed by atoms with Gasteiger partial charge in [-0.05, 0) is 118 Å². The number of nitrogens with one attached hydrogen (secondary N) is 1.